The topological polar surface area (TPSA) is 76.7 Å². The van der Waals surface area contributed by atoms with Gasteiger partial charge in [0.25, 0.3) is 0 Å². The Hall–Kier alpha value is -3.69. The number of azo groups is 1. The first-order valence-corrected chi connectivity index (χ1v) is 10.7. The Morgan fingerprint density at radius 3 is 2.21 bits per heavy atom. The SMILES string of the molecule is C[n+]1cc([N+](=O)[O-])sc1N=Nc1c(-c2ccccc2)n(-c2ccccc2)c2ccccc12.[Br-]. The third-order valence-electron chi connectivity index (χ3n) is 5.13. The first-order chi connectivity index (χ1) is 15.6. The minimum atomic E-state index is -0.416. The highest BCUT2D eigenvalue weighted by atomic mass is 79.9. The normalized spacial score (nSPS) is 11.1. The molecule has 2 heterocycles. The van der Waals surface area contributed by atoms with E-state index in [1.54, 1.807) is 11.6 Å². The van der Waals surface area contributed by atoms with Crippen LogP contribution < -0.4 is 21.5 Å². The molecule has 5 rings (SSSR count). The van der Waals surface area contributed by atoms with Gasteiger partial charge in [-0.3, -0.25) is 10.1 Å². The summed E-state index contributed by atoms with van der Waals surface area (Å²) in [5.74, 6) is 0. The number of benzene rings is 3. The lowest BCUT2D eigenvalue weighted by atomic mass is 10.1. The highest BCUT2D eigenvalue weighted by Gasteiger charge is 2.24. The molecule has 0 amide bonds. The summed E-state index contributed by atoms with van der Waals surface area (Å²) in [6, 6.07) is 28.2. The van der Waals surface area contributed by atoms with Gasteiger partial charge in [-0.25, -0.2) is 4.57 Å². The second-order valence-electron chi connectivity index (χ2n) is 7.17. The van der Waals surface area contributed by atoms with Gasteiger partial charge in [0.15, 0.2) is 6.20 Å². The second kappa shape index (κ2) is 9.43. The van der Waals surface area contributed by atoms with Crippen molar-refractivity contribution in [2.24, 2.45) is 17.3 Å². The summed E-state index contributed by atoms with van der Waals surface area (Å²) in [5, 5.41) is 21.6. The predicted molar refractivity (Wildman–Crippen MR) is 125 cm³/mol. The van der Waals surface area contributed by atoms with E-state index < -0.39 is 4.92 Å². The van der Waals surface area contributed by atoms with Crippen LogP contribution in [-0.4, -0.2) is 9.49 Å². The molecule has 0 aliphatic rings. The van der Waals surface area contributed by atoms with Crippen molar-refractivity contribution in [3.63, 3.8) is 0 Å². The molecular formula is C24H18BrN5O2S. The Bertz CT molecular complexity index is 1460. The maximum atomic E-state index is 11.1. The van der Waals surface area contributed by atoms with Gasteiger partial charge in [0.1, 0.15) is 5.69 Å². The number of aromatic nitrogens is 2. The molecule has 33 heavy (non-hydrogen) atoms. The van der Waals surface area contributed by atoms with Gasteiger partial charge in [0, 0.05) is 28.0 Å². The zero-order chi connectivity index (χ0) is 22.1. The summed E-state index contributed by atoms with van der Waals surface area (Å²) in [7, 11) is 1.73. The highest BCUT2D eigenvalue weighted by molar-refractivity contribution is 7.17. The number of para-hydroxylation sites is 2. The average Bonchev–Trinajstić information content (AvgIpc) is 3.36. The largest absolute Gasteiger partial charge is 1.00 e. The van der Waals surface area contributed by atoms with Gasteiger partial charge in [-0.15, -0.1) is 0 Å². The molecule has 0 unspecified atom stereocenters. The molecule has 164 valence electrons. The lowest BCUT2D eigenvalue weighted by molar-refractivity contribution is -0.656. The van der Waals surface area contributed by atoms with Crippen molar-refractivity contribution >= 4 is 38.1 Å². The number of hydrogen-bond donors (Lipinski definition) is 0. The Morgan fingerprint density at radius 2 is 1.55 bits per heavy atom. The number of aryl methyl sites for hydroxylation is 1. The highest BCUT2D eigenvalue weighted by Crippen LogP contribution is 2.43. The molecule has 0 saturated heterocycles. The Labute approximate surface area is 204 Å². The molecule has 7 nitrogen and oxygen atoms in total. The van der Waals surface area contributed by atoms with Gasteiger partial charge >= 0.3 is 10.1 Å². The van der Waals surface area contributed by atoms with Crippen LogP contribution in [0.4, 0.5) is 15.8 Å². The fourth-order valence-electron chi connectivity index (χ4n) is 3.71. The van der Waals surface area contributed by atoms with Crippen LogP contribution >= 0.6 is 11.3 Å². The molecule has 0 fully saturated rings. The van der Waals surface area contributed by atoms with Crippen LogP contribution in [0.2, 0.25) is 0 Å². The first-order valence-electron chi connectivity index (χ1n) is 9.93. The third kappa shape index (κ3) is 4.20. The Morgan fingerprint density at radius 1 is 0.909 bits per heavy atom. The van der Waals surface area contributed by atoms with Gasteiger partial charge in [0.2, 0.25) is 0 Å². The molecular weight excluding hydrogens is 502 g/mol. The number of fused-ring (bicyclic) bond motifs is 1. The molecule has 0 bridgehead atoms. The predicted octanol–water partition coefficient (Wildman–Crippen LogP) is 3.51. The quantitative estimate of drug-likeness (QED) is 0.154. The third-order valence-corrected chi connectivity index (χ3v) is 6.14. The summed E-state index contributed by atoms with van der Waals surface area (Å²) in [6.45, 7) is 0. The maximum Gasteiger partial charge on any atom is 0.414 e. The fraction of sp³-hybridized carbons (Fsp3) is 0.0417. The van der Waals surface area contributed by atoms with Crippen molar-refractivity contribution < 1.29 is 26.5 Å². The Balaban J connectivity index is 0.00000259. The van der Waals surface area contributed by atoms with E-state index in [2.05, 4.69) is 33.0 Å². The summed E-state index contributed by atoms with van der Waals surface area (Å²) in [6.07, 6.45) is 1.45. The minimum absolute atomic E-state index is 0. The number of nitro groups is 1. The molecule has 2 aromatic heterocycles. The van der Waals surface area contributed by atoms with Crippen molar-refractivity contribution in [1.82, 2.24) is 4.57 Å². The lowest BCUT2D eigenvalue weighted by Gasteiger charge is -2.11. The zero-order valence-corrected chi connectivity index (χ0v) is 19.9. The minimum Gasteiger partial charge on any atom is -1.00 e. The monoisotopic (exact) mass is 519 g/mol. The maximum absolute atomic E-state index is 11.1. The van der Waals surface area contributed by atoms with E-state index in [1.165, 1.54) is 6.20 Å². The van der Waals surface area contributed by atoms with Crippen molar-refractivity contribution in [3.8, 4) is 16.9 Å². The van der Waals surface area contributed by atoms with Crippen LogP contribution in [0, 0.1) is 10.1 Å². The van der Waals surface area contributed by atoms with Crippen LogP contribution in [0.25, 0.3) is 27.8 Å². The van der Waals surface area contributed by atoms with Crippen molar-refractivity contribution in [1.29, 1.82) is 0 Å². The van der Waals surface area contributed by atoms with Gasteiger partial charge in [-0.2, -0.15) is 0 Å². The average molecular weight is 520 g/mol. The molecule has 0 saturated carbocycles. The van der Waals surface area contributed by atoms with Crippen molar-refractivity contribution in [3.05, 3.63) is 101 Å². The number of nitrogens with zero attached hydrogens (tertiary/aromatic N) is 5. The van der Waals surface area contributed by atoms with Crippen LogP contribution in [0.5, 0.6) is 0 Å². The summed E-state index contributed by atoms with van der Waals surface area (Å²) >= 11 is 0.994. The van der Waals surface area contributed by atoms with Crippen molar-refractivity contribution in [2.75, 3.05) is 0 Å². The van der Waals surface area contributed by atoms with Gasteiger partial charge < -0.3 is 21.5 Å². The smallest absolute Gasteiger partial charge is 0.414 e. The summed E-state index contributed by atoms with van der Waals surface area (Å²) in [5.41, 5.74) is 4.65. The Kier molecular flexibility index (Phi) is 6.43. The van der Waals surface area contributed by atoms with E-state index in [4.69, 9.17) is 0 Å². The standard InChI is InChI=1S/C24H18N5O2S.BrH/c1-27-16-21(29(30)31)32-24(27)26-25-22-19-14-8-9-15-20(19)28(18-12-6-3-7-13-18)23(22)17-10-4-2-5-11-17;/h2-16H,1H3;1H/q+1;/p-1. The second-order valence-corrected chi connectivity index (χ2v) is 8.16. The molecule has 0 N–H and O–H groups in total. The van der Waals surface area contributed by atoms with Crippen LogP contribution in [0.15, 0.2) is 101 Å². The van der Waals surface area contributed by atoms with E-state index in [0.29, 0.717) is 10.8 Å². The molecule has 0 atom stereocenters. The molecule has 0 spiro atoms. The zero-order valence-electron chi connectivity index (χ0n) is 17.5. The summed E-state index contributed by atoms with van der Waals surface area (Å²) < 4.78 is 3.79. The first kappa shape index (κ1) is 22.5. The van der Waals surface area contributed by atoms with E-state index in [-0.39, 0.29) is 22.0 Å². The fourth-order valence-corrected chi connectivity index (χ4v) is 4.46. The molecule has 9 heteroatoms. The number of rotatable bonds is 5. The van der Waals surface area contributed by atoms with Crippen LogP contribution in [-0.2, 0) is 7.05 Å². The van der Waals surface area contributed by atoms with E-state index in [9.17, 15) is 10.1 Å². The van der Waals surface area contributed by atoms with Crippen LogP contribution in [0.3, 0.4) is 0 Å². The molecule has 0 radical (unpaired) electrons. The molecule has 0 aliphatic carbocycles. The lowest BCUT2D eigenvalue weighted by Crippen LogP contribution is -3.00. The van der Waals surface area contributed by atoms with Crippen LogP contribution in [0.1, 0.15) is 0 Å². The molecule has 3 aromatic carbocycles. The van der Waals surface area contributed by atoms with E-state index in [1.807, 2.05) is 66.7 Å². The van der Waals surface area contributed by atoms with Gasteiger partial charge in [-0.1, -0.05) is 66.7 Å². The van der Waals surface area contributed by atoms with Gasteiger partial charge in [0.05, 0.1) is 28.3 Å². The van der Waals surface area contributed by atoms with Gasteiger partial charge in [-0.05, 0) is 23.3 Å². The summed E-state index contributed by atoms with van der Waals surface area (Å²) in [4.78, 5) is 10.7. The van der Waals surface area contributed by atoms with E-state index in [0.717, 1.165) is 39.2 Å². The number of hydrogen-bond acceptors (Lipinski definition) is 5. The van der Waals surface area contributed by atoms with E-state index >= 15 is 0 Å². The van der Waals surface area contributed by atoms with Crippen molar-refractivity contribution in [2.45, 2.75) is 0 Å². The molecule has 0 aliphatic heterocycles. The molecule has 5 aromatic rings. The number of thiazole rings is 1. The number of halogens is 1.